The number of hydrogen-bond acceptors (Lipinski definition) is 5. The zero-order valence-electron chi connectivity index (χ0n) is 23.5. The number of piperidine rings is 1. The molecular formula is C30H43N5O. The molecule has 1 saturated heterocycles. The predicted octanol–water partition coefficient (Wildman–Crippen LogP) is 5.90. The molecule has 1 aromatic carbocycles. The third-order valence-electron chi connectivity index (χ3n) is 6.97. The lowest BCUT2D eigenvalue weighted by atomic mass is 9.79. The molecule has 6 heteroatoms. The van der Waals surface area contributed by atoms with Gasteiger partial charge >= 0.3 is 0 Å². The van der Waals surface area contributed by atoms with Crippen molar-refractivity contribution in [3.63, 3.8) is 0 Å². The minimum Gasteiger partial charge on any atom is -0.507 e. The van der Waals surface area contributed by atoms with Crippen molar-refractivity contribution >= 4 is 17.2 Å². The van der Waals surface area contributed by atoms with Gasteiger partial charge in [-0.05, 0) is 89.7 Å². The van der Waals surface area contributed by atoms with Gasteiger partial charge in [0, 0.05) is 42.9 Å². The van der Waals surface area contributed by atoms with E-state index in [1.165, 1.54) is 0 Å². The number of terminal acetylenes is 1. The lowest BCUT2D eigenvalue weighted by Gasteiger charge is -2.46. The monoisotopic (exact) mass is 489 g/mol. The minimum atomic E-state index is -0.151. The molecule has 1 fully saturated rings. The summed E-state index contributed by atoms with van der Waals surface area (Å²) < 4.78 is 2.07. The molecule has 0 aliphatic carbocycles. The summed E-state index contributed by atoms with van der Waals surface area (Å²) in [5.74, 6) is 2.97. The topological polar surface area (TPSA) is 66.2 Å². The van der Waals surface area contributed by atoms with Crippen molar-refractivity contribution in [3.05, 3.63) is 46.9 Å². The maximum Gasteiger partial charge on any atom is 0.123 e. The fourth-order valence-electron chi connectivity index (χ4n) is 5.70. The molecule has 0 amide bonds. The summed E-state index contributed by atoms with van der Waals surface area (Å²) >= 11 is 0. The molecule has 0 bridgehead atoms. The van der Waals surface area contributed by atoms with Crippen LogP contribution in [0.1, 0.15) is 89.4 Å². The van der Waals surface area contributed by atoms with Crippen molar-refractivity contribution in [1.82, 2.24) is 25.2 Å². The highest BCUT2D eigenvalue weighted by molar-refractivity contribution is 5.86. The Morgan fingerprint density at radius 2 is 1.92 bits per heavy atom. The number of phenols is 1. The summed E-state index contributed by atoms with van der Waals surface area (Å²) in [6, 6.07) is 6.05. The van der Waals surface area contributed by atoms with Gasteiger partial charge in [0.2, 0.25) is 0 Å². The van der Waals surface area contributed by atoms with E-state index in [-0.39, 0.29) is 28.8 Å². The lowest BCUT2D eigenvalue weighted by Crippen LogP contribution is -2.58. The number of phenolic OH excluding ortho intramolecular Hbond substituents is 1. The van der Waals surface area contributed by atoms with Crippen LogP contribution in [0.2, 0.25) is 0 Å². The molecule has 3 rings (SSSR count). The van der Waals surface area contributed by atoms with Crippen LogP contribution >= 0.6 is 0 Å². The maximum absolute atomic E-state index is 11.1. The molecule has 1 aromatic heterocycles. The van der Waals surface area contributed by atoms with E-state index in [2.05, 4.69) is 67.8 Å². The number of aromatic nitrogens is 3. The summed E-state index contributed by atoms with van der Waals surface area (Å²) in [6.07, 6.45) is 12.7. The number of aromatic hydroxyl groups is 1. The van der Waals surface area contributed by atoms with Crippen molar-refractivity contribution in [2.24, 2.45) is 5.92 Å². The normalized spacial score (nSPS) is 19.1. The number of hydrogen-bond donors (Lipinski definition) is 2. The minimum absolute atomic E-state index is 0.00937. The van der Waals surface area contributed by atoms with Crippen LogP contribution in [0.15, 0.2) is 24.4 Å². The Labute approximate surface area is 217 Å². The molecule has 1 aliphatic rings. The van der Waals surface area contributed by atoms with Crippen LogP contribution in [0, 0.1) is 25.2 Å². The quantitative estimate of drug-likeness (QED) is 0.474. The van der Waals surface area contributed by atoms with Crippen LogP contribution in [0.5, 0.6) is 5.75 Å². The molecule has 2 N–H and O–H groups in total. The van der Waals surface area contributed by atoms with Gasteiger partial charge < -0.3 is 15.3 Å². The van der Waals surface area contributed by atoms with Crippen LogP contribution in [0.3, 0.4) is 0 Å². The average molecular weight is 490 g/mol. The van der Waals surface area contributed by atoms with Crippen molar-refractivity contribution < 1.29 is 5.11 Å². The highest BCUT2D eigenvalue weighted by atomic mass is 16.3. The molecule has 1 unspecified atom stereocenters. The standard InChI is InChI=1S/C30H43N5O/c1-11-22(12-2)26(25-14-13-23(15-28(25)36)20(3)19-34(9)10)16-27-21(4)35(33-31-27)24-17-29(5,6)32-30(7,8)18-24/h1,13-16,19,22,24,32,36H,12,17-18H2,2-10H3/b20-19+,26-16+. The number of benzene rings is 1. The summed E-state index contributed by atoms with van der Waals surface area (Å²) in [4.78, 5) is 1.99. The Balaban J connectivity index is 2.05. The maximum atomic E-state index is 11.1. The molecule has 36 heavy (non-hydrogen) atoms. The van der Waals surface area contributed by atoms with E-state index in [0.717, 1.165) is 52.9 Å². The van der Waals surface area contributed by atoms with Crippen LogP contribution in [0.25, 0.3) is 17.2 Å². The van der Waals surface area contributed by atoms with E-state index < -0.39 is 0 Å². The lowest BCUT2D eigenvalue weighted by molar-refractivity contribution is 0.124. The Bertz CT molecular complexity index is 1180. The molecule has 1 atom stereocenters. The van der Waals surface area contributed by atoms with E-state index in [9.17, 15) is 5.11 Å². The Hall–Kier alpha value is -3.04. The first-order chi connectivity index (χ1) is 16.8. The second-order valence-corrected chi connectivity index (χ2v) is 11.7. The van der Waals surface area contributed by atoms with Crippen molar-refractivity contribution in [2.45, 2.75) is 84.8 Å². The number of rotatable bonds is 7. The number of nitrogens with zero attached hydrogens (tertiary/aromatic N) is 4. The number of allylic oxidation sites excluding steroid dienone is 2. The Morgan fingerprint density at radius 3 is 2.44 bits per heavy atom. The third-order valence-corrected chi connectivity index (χ3v) is 6.97. The molecule has 0 radical (unpaired) electrons. The van der Waals surface area contributed by atoms with Gasteiger partial charge in [-0.25, -0.2) is 4.68 Å². The smallest absolute Gasteiger partial charge is 0.123 e. The zero-order chi connectivity index (χ0) is 26.8. The number of nitrogens with one attached hydrogen (secondary N) is 1. The third kappa shape index (κ3) is 6.20. The predicted molar refractivity (Wildman–Crippen MR) is 150 cm³/mol. The molecule has 6 nitrogen and oxygen atoms in total. The van der Waals surface area contributed by atoms with Gasteiger partial charge in [0.05, 0.1) is 11.7 Å². The molecule has 2 heterocycles. The highest BCUT2D eigenvalue weighted by Gasteiger charge is 2.39. The van der Waals surface area contributed by atoms with E-state index in [0.29, 0.717) is 0 Å². The second-order valence-electron chi connectivity index (χ2n) is 11.7. The summed E-state index contributed by atoms with van der Waals surface area (Å²) in [6.45, 7) is 15.1. The first-order valence-electron chi connectivity index (χ1n) is 12.8. The van der Waals surface area contributed by atoms with Gasteiger partial charge in [-0.3, -0.25) is 0 Å². The van der Waals surface area contributed by atoms with E-state index >= 15 is 0 Å². The van der Waals surface area contributed by atoms with Crippen molar-refractivity contribution in [2.75, 3.05) is 14.1 Å². The van der Waals surface area contributed by atoms with E-state index in [4.69, 9.17) is 6.42 Å². The highest BCUT2D eigenvalue weighted by Crippen LogP contribution is 2.38. The van der Waals surface area contributed by atoms with Gasteiger partial charge in [-0.2, -0.15) is 0 Å². The summed E-state index contributed by atoms with van der Waals surface area (Å²) in [5, 5.41) is 23.9. The Kier molecular flexibility index (Phi) is 8.05. The van der Waals surface area contributed by atoms with Gasteiger partial charge in [-0.15, -0.1) is 11.5 Å². The largest absolute Gasteiger partial charge is 0.507 e. The van der Waals surface area contributed by atoms with Gasteiger partial charge in [-0.1, -0.05) is 30.2 Å². The fourth-order valence-corrected chi connectivity index (χ4v) is 5.70. The van der Waals surface area contributed by atoms with Crippen LogP contribution in [-0.4, -0.2) is 50.2 Å². The Morgan fingerprint density at radius 1 is 1.28 bits per heavy atom. The summed E-state index contributed by atoms with van der Waals surface area (Å²) in [7, 11) is 3.97. The van der Waals surface area contributed by atoms with Gasteiger partial charge in [0.1, 0.15) is 11.4 Å². The second kappa shape index (κ2) is 10.5. The van der Waals surface area contributed by atoms with Crippen LogP contribution < -0.4 is 5.32 Å². The molecule has 0 saturated carbocycles. The fraction of sp³-hybridized carbons (Fsp3) is 0.533. The van der Waals surface area contributed by atoms with E-state index in [1.54, 1.807) is 0 Å². The van der Waals surface area contributed by atoms with Gasteiger partial charge in [0.15, 0.2) is 0 Å². The molecular weight excluding hydrogens is 446 g/mol. The molecule has 2 aromatic rings. The zero-order valence-corrected chi connectivity index (χ0v) is 23.5. The van der Waals surface area contributed by atoms with Crippen LogP contribution in [-0.2, 0) is 0 Å². The first kappa shape index (κ1) is 27.5. The average Bonchev–Trinajstić information content (AvgIpc) is 3.11. The van der Waals surface area contributed by atoms with Crippen LogP contribution in [0.4, 0.5) is 0 Å². The van der Waals surface area contributed by atoms with Gasteiger partial charge in [0.25, 0.3) is 0 Å². The molecule has 194 valence electrons. The molecule has 1 aliphatic heterocycles. The van der Waals surface area contributed by atoms with E-state index in [1.807, 2.05) is 56.4 Å². The van der Waals surface area contributed by atoms with Crippen molar-refractivity contribution in [3.8, 4) is 18.1 Å². The summed E-state index contributed by atoms with van der Waals surface area (Å²) in [5.41, 5.74) is 5.49. The SMILES string of the molecule is C#CC(CC)/C(=C\c1nnn(C2CC(C)(C)NC(C)(C)C2)c1C)c1ccc(/C(C)=C/N(C)C)cc1O. The van der Waals surface area contributed by atoms with Crippen molar-refractivity contribution in [1.29, 1.82) is 0 Å². The molecule has 0 spiro atoms. The first-order valence-corrected chi connectivity index (χ1v) is 12.8.